The number of rotatable bonds is 3. The molecule has 0 heterocycles. The van der Waals surface area contributed by atoms with E-state index in [2.05, 4.69) is 6.07 Å². The Hall–Kier alpha value is -0.986. The molecule has 0 fully saturated rings. The molecule has 0 amide bonds. The maximum Gasteiger partial charge on any atom is 0.153 e. The average Bonchev–Trinajstić information content (AvgIpc) is 2.33. The van der Waals surface area contributed by atoms with Gasteiger partial charge in [0, 0.05) is 38.5 Å². The molecule has 0 aliphatic rings. The van der Waals surface area contributed by atoms with E-state index in [9.17, 15) is 4.79 Å². The normalized spacial score (nSPS) is 9.24. The van der Waals surface area contributed by atoms with Gasteiger partial charge in [0.25, 0.3) is 0 Å². The molecule has 3 heteroatoms. The van der Waals surface area contributed by atoms with Crippen molar-refractivity contribution in [2.75, 3.05) is 0 Å². The van der Waals surface area contributed by atoms with Crippen molar-refractivity contribution in [3.05, 3.63) is 59.7 Å². The van der Waals surface area contributed by atoms with Crippen molar-refractivity contribution in [2.45, 2.75) is 6.92 Å². The molecule has 0 atom stereocenters. The first-order valence-corrected chi connectivity index (χ1v) is 5.00. The van der Waals surface area contributed by atoms with Crippen LogP contribution in [0.15, 0.2) is 42.5 Å². The Morgan fingerprint density at radius 3 is 2.59 bits per heavy atom. The zero-order valence-electron chi connectivity index (χ0n) is 9.51. The van der Waals surface area contributed by atoms with E-state index in [1.54, 1.807) is 24.3 Å². The van der Waals surface area contributed by atoms with Crippen LogP contribution in [0.5, 0.6) is 11.5 Å². The van der Waals surface area contributed by atoms with Crippen LogP contribution < -0.4 is 4.74 Å². The number of aryl methyl sites for hydroxylation is 1. The predicted octanol–water partition coefficient (Wildman–Crippen LogP) is 3.40. The SMILES string of the molecule is Cc1[c-]cc(Oc2ccccc2C=O)cc1.[Y]. The van der Waals surface area contributed by atoms with Crippen molar-refractivity contribution < 1.29 is 42.2 Å². The fourth-order valence-electron chi connectivity index (χ4n) is 1.35. The maximum atomic E-state index is 10.8. The molecule has 2 rings (SSSR count). The second-order valence-corrected chi connectivity index (χ2v) is 3.47. The molecule has 0 spiro atoms. The smallest absolute Gasteiger partial charge is 0.153 e. The van der Waals surface area contributed by atoms with Crippen LogP contribution in [-0.4, -0.2) is 6.29 Å². The van der Waals surface area contributed by atoms with E-state index in [0.717, 1.165) is 11.8 Å². The fourth-order valence-corrected chi connectivity index (χ4v) is 1.35. The van der Waals surface area contributed by atoms with E-state index in [0.29, 0.717) is 17.1 Å². The second kappa shape index (κ2) is 6.68. The van der Waals surface area contributed by atoms with E-state index < -0.39 is 0 Å². The van der Waals surface area contributed by atoms with Crippen molar-refractivity contribution in [3.63, 3.8) is 0 Å². The van der Waals surface area contributed by atoms with Gasteiger partial charge in [0.15, 0.2) is 6.29 Å². The molecule has 0 saturated heterocycles. The topological polar surface area (TPSA) is 26.3 Å². The summed E-state index contributed by atoms with van der Waals surface area (Å²) in [7, 11) is 0. The molecule has 0 aliphatic carbocycles. The minimum Gasteiger partial charge on any atom is -0.516 e. The number of benzene rings is 2. The van der Waals surface area contributed by atoms with E-state index in [4.69, 9.17) is 4.74 Å². The molecule has 0 bridgehead atoms. The molecule has 2 aromatic carbocycles. The quantitative estimate of drug-likeness (QED) is 0.641. The summed E-state index contributed by atoms with van der Waals surface area (Å²) in [4.78, 5) is 10.8. The monoisotopic (exact) mass is 300 g/mol. The standard InChI is InChI=1S/C14H11O2.Y/c1-11-6-8-13(9-7-11)16-14-5-3-2-4-12(14)10-15;/h2-6,8-10H,1H3;/q-1;. The van der Waals surface area contributed by atoms with Crippen molar-refractivity contribution in [2.24, 2.45) is 0 Å². The number of aldehydes is 1. The van der Waals surface area contributed by atoms with Gasteiger partial charge < -0.3 is 4.74 Å². The minimum absolute atomic E-state index is 0. The van der Waals surface area contributed by atoms with Crippen molar-refractivity contribution in [1.82, 2.24) is 0 Å². The van der Waals surface area contributed by atoms with Crippen LogP contribution in [0.2, 0.25) is 0 Å². The molecule has 0 unspecified atom stereocenters. The van der Waals surface area contributed by atoms with Crippen molar-refractivity contribution in [3.8, 4) is 11.5 Å². The number of para-hydroxylation sites is 1. The van der Waals surface area contributed by atoms with Crippen LogP contribution in [0, 0.1) is 13.0 Å². The van der Waals surface area contributed by atoms with Gasteiger partial charge in [-0.05, 0) is 12.1 Å². The van der Waals surface area contributed by atoms with Gasteiger partial charge in [-0.3, -0.25) is 4.79 Å². The summed E-state index contributed by atoms with van der Waals surface area (Å²) in [6.07, 6.45) is 0.785. The number of hydrogen-bond donors (Lipinski definition) is 0. The maximum absolute atomic E-state index is 10.8. The van der Waals surface area contributed by atoms with Crippen molar-refractivity contribution in [1.29, 1.82) is 0 Å². The van der Waals surface area contributed by atoms with Gasteiger partial charge in [-0.25, -0.2) is 0 Å². The van der Waals surface area contributed by atoms with E-state index in [1.165, 1.54) is 0 Å². The number of carbonyl (C=O) groups is 1. The summed E-state index contributed by atoms with van der Waals surface area (Å²) >= 11 is 0. The molecule has 0 aliphatic heterocycles. The largest absolute Gasteiger partial charge is 0.516 e. The van der Waals surface area contributed by atoms with E-state index in [1.807, 2.05) is 25.1 Å². The first kappa shape index (κ1) is 14.1. The predicted molar refractivity (Wildman–Crippen MR) is 61.9 cm³/mol. The van der Waals surface area contributed by atoms with Gasteiger partial charge in [0.2, 0.25) is 0 Å². The summed E-state index contributed by atoms with van der Waals surface area (Å²) < 4.78 is 5.59. The molecule has 2 aromatic rings. The number of carbonyl (C=O) groups excluding carboxylic acids is 1. The van der Waals surface area contributed by atoms with Crippen molar-refractivity contribution >= 4 is 6.29 Å². The summed E-state index contributed by atoms with van der Waals surface area (Å²) in [5, 5.41) is 0. The zero-order valence-corrected chi connectivity index (χ0v) is 12.4. The Morgan fingerprint density at radius 2 is 1.94 bits per heavy atom. The molecule has 0 N–H and O–H groups in total. The van der Waals surface area contributed by atoms with Crippen LogP contribution in [0.4, 0.5) is 0 Å². The van der Waals surface area contributed by atoms with Crippen LogP contribution in [0.1, 0.15) is 15.9 Å². The van der Waals surface area contributed by atoms with Gasteiger partial charge in [-0.1, -0.05) is 19.1 Å². The Balaban J connectivity index is 0.00000144. The van der Waals surface area contributed by atoms with Gasteiger partial charge >= 0.3 is 0 Å². The number of hydrogen-bond acceptors (Lipinski definition) is 2. The van der Waals surface area contributed by atoms with E-state index in [-0.39, 0.29) is 32.7 Å². The van der Waals surface area contributed by atoms with Crippen LogP contribution in [0.25, 0.3) is 0 Å². The van der Waals surface area contributed by atoms with Crippen LogP contribution in [-0.2, 0) is 32.7 Å². The fraction of sp³-hybridized carbons (Fsp3) is 0.0714. The minimum atomic E-state index is 0. The Bertz CT molecular complexity index is 492. The molecular formula is C14H11O2Y-. The molecule has 17 heavy (non-hydrogen) atoms. The molecular weight excluding hydrogens is 289 g/mol. The third kappa shape index (κ3) is 3.76. The number of ether oxygens (including phenoxy) is 1. The van der Waals surface area contributed by atoms with Crippen LogP contribution >= 0.6 is 0 Å². The first-order chi connectivity index (χ1) is 7.79. The molecule has 83 valence electrons. The van der Waals surface area contributed by atoms with Gasteiger partial charge in [0.1, 0.15) is 5.75 Å². The Labute approximate surface area is 126 Å². The molecule has 1 radical (unpaired) electrons. The summed E-state index contributed by atoms with van der Waals surface area (Å²) in [5.41, 5.74) is 1.60. The summed E-state index contributed by atoms with van der Waals surface area (Å²) in [5.74, 6) is 1.25. The zero-order chi connectivity index (χ0) is 11.4. The Morgan fingerprint density at radius 1 is 1.18 bits per heavy atom. The average molecular weight is 300 g/mol. The molecule has 2 nitrogen and oxygen atoms in total. The Kier molecular flexibility index (Phi) is 5.53. The third-order valence-electron chi connectivity index (χ3n) is 2.21. The summed E-state index contributed by atoms with van der Waals surface area (Å²) in [6, 6.07) is 15.7. The van der Waals surface area contributed by atoms with Gasteiger partial charge in [-0.2, -0.15) is 17.7 Å². The van der Waals surface area contributed by atoms with E-state index >= 15 is 0 Å². The summed E-state index contributed by atoms with van der Waals surface area (Å²) in [6.45, 7) is 1.96. The van der Waals surface area contributed by atoms with Gasteiger partial charge in [0.05, 0.1) is 5.56 Å². The third-order valence-corrected chi connectivity index (χ3v) is 2.21. The molecule has 0 aromatic heterocycles. The first-order valence-electron chi connectivity index (χ1n) is 5.00. The van der Waals surface area contributed by atoms with Crippen LogP contribution in [0.3, 0.4) is 0 Å². The molecule has 0 saturated carbocycles. The second-order valence-electron chi connectivity index (χ2n) is 3.47. The van der Waals surface area contributed by atoms with Gasteiger partial charge in [-0.15, -0.1) is 12.1 Å².